The smallest absolute Gasteiger partial charge is 0.335 e. The van der Waals surface area contributed by atoms with Gasteiger partial charge in [-0.05, 0) is 56.5 Å². The summed E-state index contributed by atoms with van der Waals surface area (Å²) in [7, 11) is 0. The number of benzene rings is 1. The van der Waals surface area contributed by atoms with Crippen LogP contribution < -0.4 is 5.32 Å². The van der Waals surface area contributed by atoms with Crippen molar-refractivity contribution in [3.05, 3.63) is 62.8 Å². The van der Waals surface area contributed by atoms with Gasteiger partial charge in [0.15, 0.2) is 0 Å². The van der Waals surface area contributed by atoms with Gasteiger partial charge in [-0.15, -0.1) is 0 Å². The van der Waals surface area contributed by atoms with Crippen LogP contribution in [0.25, 0.3) is 0 Å². The first-order chi connectivity index (χ1) is 10.4. The molecule has 2 N–H and O–H groups in total. The molecule has 0 aromatic heterocycles. The molecule has 0 bridgehead atoms. The highest BCUT2D eigenvalue weighted by Gasteiger charge is 2.13. The van der Waals surface area contributed by atoms with Gasteiger partial charge in [0.1, 0.15) is 0 Å². The summed E-state index contributed by atoms with van der Waals surface area (Å²) >= 11 is 12.1. The number of anilines is 1. The number of hydrogen-bond donors (Lipinski definition) is 2. The Balaban J connectivity index is 2.29. The summed E-state index contributed by atoms with van der Waals surface area (Å²) in [4.78, 5) is 11.2. The van der Waals surface area contributed by atoms with Gasteiger partial charge in [-0.25, -0.2) is 4.79 Å². The van der Waals surface area contributed by atoms with Gasteiger partial charge in [0.2, 0.25) is 0 Å². The Morgan fingerprint density at radius 2 is 1.91 bits per heavy atom. The van der Waals surface area contributed by atoms with Gasteiger partial charge in [-0.2, -0.15) is 0 Å². The lowest BCUT2D eigenvalue weighted by Crippen LogP contribution is -2.07. The Morgan fingerprint density at radius 3 is 2.55 bits per heavy atom. The third-order valence-electron chi connectivity index (χ3n) is 3.63. The molecule has 0 saturated carbocycles. The van der Waals surface area contributed by atoms with E-state index in [-0.39, 0.29) is 0 Å². The predicted molar refractivity (Wildman–Crippen MR) is 91.5 cm³/mol. The van der Waals surface area contributed by atoms with Gasteiger partial charge in [0.05, 0.1) is 16.3 Å². The minimum absolute atomic E-state index is 0.364. The van der Waals surface area contributed by atoms with Gasteiger partial charge >= 0.3 is 5.97 Å². The molecular formula is C17H17Cl2NO2. The van der Waals surface area contributed by atoms with E-state index >= 15 is 0 Å². The zero-order chi connectivity index (χ0) is 16.3. The van der Waals surface area contributed by atoms with Crippen molar-refractivity contribution in [2.45, 2.75) is 26.7 Å². The fourth-order valence-electron chi connectivity index (χ4n) is 2.26. The number of nitrogens with one attached hydrogen (secondary N) is 1. The van der Waals surface area contributed by atoms with E-state index in [0.717, 1.165) is 29.0 Å². The van der Waals surface area contributed by atoms with E-state index in [9.17, 15) is 9.90 Å². The zero-order valence-corrected chi connectivity index (χ0v) is 13.9. The second-order valence-corrected chi connectivity index (χ2v) is 6.09. The number of carbonyl (C=O) groups is 1. The molecule has 0 radical (unpaired) electrons. The highest BCUT2D eigenvalue weighted by molar-refractivity contribution is 6.36. The Bertz CT molecular complexity index is 703. The molecule has 0 saturated heterocycles. The molecule has 3 nitrogen and oxygen atoms in total. The number of rotatable bonds is 3. The fraction of sp³-hybridized carbons (Fsp3) is 0.235. The maximum Gasteiger partial charge on any atom is 0.335 e. The largest absolute Gasteiger partial charge is 0.478 e. The average Bonchev–Trinajstić information content (AvgIpc) is 2.43. The molecular weight excluding hydrogens is 321 g/mol. The molecule has 5 heteroatoms. The van der Waals surface area contributed by atoms with Crippen molar-refractivity contribution in [3.63, 3.8) is 0 Å². The van der Waals surface area contributed by atoms with Crippen LogP contribution in [0.1, 0.15) is 26.7 Å². The molecule has 0 fully saturated rings. The van der Waals surface area contributed by atoms with Crippen LogP contribution >= 0.6 is 23.2 Å². The standard InChI is InChI=1S/C17H17Cl2NO2/c1-10-4-7-15(11(2)3-6-13(10)17(21)22)20-16-8-5-12(18)9-14(16)19/h3,5-6,8-9,20H,4,7H2,1-2H3,(H,21,22). The number of allylic oxidation sites excluding steroid dienone is 4. The molecule has 0 unspecified atom stereocenters. The normalized spacial score (nSPS) is 15.6. The summed E-state index contributed by atoms with van der Waals surface area (Å²) in [5, 5.41) is 13.7. The molecule has 0 atom stereocenters. The van der Waals surface area contributed by atoms with Gasteiger partial charge in [0, 0.05) is 10.7 Å². The summed E-state index contributed by atoms with van der Waals surface area (Å²) in [5.74, 6) is -0.890. The summed E-state index contributed by atoms with van der Waals surface area (Å²) in [6.45, 7) is 3.80. The van der Waals surface area contributed by atoms with Crippen molar-refractivity contribution in [2.24, 2.45) is 0 Å². The van der Waals surface area contributed by atoms with Crippen molar-refractivity contribution >= 4 is 34.9 Å². The van der Waals surface area contributed by atoms with Crippen molar-refractivity contribution < 1.29 is 9.90 Å². The van der Waals surface area contributed by atoms with Crippen LogP contribution in [-0.4, -0.2) is 11.1 Å². The van der Waals surface area contributed by atoms with Crippen molar-refractivity contribution in [3.8, 4) is 0 Å². The van der Waals surface area contributed by atoms with Crippen LogP contribution in [0.2, 0.25) is 10.0 Å². The Kier molecular flexibility index (Phi) is 5.33. The first kappa shape index (κ1) is 16.7. The van der Waals surface area contributed by atoms with E-state index in [1.165, 1.54) is 0 Å². The monoisotopic (exact) mass is 337 g/mol. The van der Waals surface area contributed by atoms with Crippen LogP contribution in [0.5, 0.6) is 0 Å². The maximum absolute atomic E-state index is 11.2. The van der Waals surface area contributed by atoms with E-state index < -0.39 is 5.97 Å². The molecule has 0 aliphatic heterocycles. The second-order valence-electron chi connectivity index (χ2n) is 5.24. The van der Waals surface area contributed by atoms with Crippen molar-refractivity contribution in [1.82, 2.24) is 0 Å². The molecule has 0 heterocycles. The topological polar surface area (TPSA) is 49.3 Å². The van der Waals surface area contributed by atoms with Crippen molar-refractivity contribution in [2.75, 3.05) is 5.32 Å². The number of aliphatic carboxylic acids is 1. The summed E-state index contributed by atoms with van der Waals surface area (Å²) in [6.07, 6.45) is 4.87. The zero-order valence-electron chi connectivity index (χ0n) is 12.4. The lowest BCUT2D eigenvalue weighted by molar-refractivity contribution is -0.132. The second kappa shape index (κ2) is 7.03. The molecule has 0 spiro atoms. The van der Waals surface area contributed by atoms with Crippen LogP contribution in [0.4, 0.5) is 5.69 Å². The molecule has 22 heavy (non-hydrogen) atoms. The molecule has 1 aromatic carbocycles. The first-order valence-corrected chi connectivity index (χ1v) is 7.67. The number of hydrogen-bond acceptors (Lipinski definition) is 2. The molecule has 1 aliphatic rings. The Hall–Kier alpha value is -1.71. The van der Waals surface area contributed by atoms with E-state index in [4.69, 9.17) is 23.2 Å². The first-order valence-electron chi connectivity index (χ1n) is 6.91. The number of carboxylic acids is 1. The van der Waals surface area contributed by atoms with Crippen LogP contribution in [0.15, 0.2) is 52.8 Å². The van der Waals surface area contributed by atoms with E-state index in [1.807, 2.05) is 26.0 Å². The third kappa shape index (κ3) is 3.93. The van der Waals surface area contributed by atoms with Crippen LogP contribution in [-0.2, 0) is 4.79 Å². The third-order valence-corrected chi connectivity index (χ3v) is 4.18. The van der Waals surface area contributed by atoms with E-state index in [0.29, 0.717) is 22.0 Å². The highest BCUT2D eigenvalue weighted by atomic mass is 35.5. The average molecular weight is 338 g/mol. The highest BCUT2D eigenvalue weighted by Crippen LogP contribution is 2.29. The van der Waals surface area contributed by atoms with Crippen molar-refractivity contribution in [1.29, 1.82) is 0 Å². The molecule has 1 aliphatic carbocycles. The summed E-state index contributed by atoms with van der Waals surface area (Å²) in [6, 6.07) is 5.30. The summed E-state index contributed by atoms with van der Waals surface area (Å²) in [5.41, 5.74) is 4.01. The van der Waals surface area contributed by atoms with Gasteiger partial charge in [0.25, 0.3) is 0 Å². The number of halogens is 2. The van der Waals surface area contributed by atoms with E-state index in [2.05, 4.69) is 5.32 Å². The lowest BCUT2D eigenvalue weighted by atomic mass is 9.97. The van der Waals surface area contributed by atoms with Gasteiger partial charge < -0.3 is 10.4 Å². The quantitative estimate of drug-likeness (QED) is 0.772. The van der Waals surface area contributed by atoms with Gasteiger partial charge in [-0.1, -0.05) is 34.9 Å². The van der Waals surface area contributed by atoms with E-state index in [1.54, 1.807) is 18.2 Å². The Morgan fingerprint density at radius 1 is 1.18 bits per heavy atom. The molecule has 116 valence electrons. The predicted octanol–water partition coefficient (Wildman–Crippen LogP) is 5.43. The molecule has 1 aromatic rings. The maximum atomic E-state index is 11.2. The lowest BCUT2D eigenvalue weighted by Gasteiger charge is -2.17. The van der Waals surface area contributed by atoms with Crippen LogP contribution in [0.3, 0.4) is 0 Å². The molecule has 2 rings (SSSR count). The minimum Gasteiger partial charge on any atom is -0.478 e. The number of carboxylic acid groups (broad SMARTS) is 1. The summed E-state index contributed by atoms with van der Waals surface area (Å²) < 4.78 is 0. The minimum atomic E-state index is -0.890. The fourth-order valence-corrected chi connectivity index (χ4v) is 2.72. The van der Waals surface area contributed by atoms with Gasteiger partial charge in [-0.3, -0.25) is 0 Å². The Labute approximate surface area is 139 Å². The molecule has 0 amide bonds. The SMILES string of the molecule is CC1=C(Nc2ccc(Cl)cc2Cl)CCC(C)=C(C(=O)O)C=C1. The van der Waals surface area contributed by atoms with Crippen LogP contribution in [0, 0.1) is 0 Å².